The Kier molecular flexibility index (Phi) is 8.64. The van der Waals surface area contributed by atoms with Crippen molar-refractivity contribution in [2.45, 2.75) is 62.8 Å². The van der Waals surface area contributed by atoms with Gasteiger partial charge in [-0.05, 0) is 67.3 Å². The third-order valence-corrected chi connectivity index (χ3v) is 6.83. The molecule has 1 aliphatic rings. The minimum Gasteiger partial charge on any atom is -0.467 e. The van der Waals surface area contributed by atoms with Crippen LogP contribution in [0.5, 0.6) is 0 Å². The minimum absolute atomic E-state index is 0.0451. The molecular formula is C26H24F9NO5. The van der Waals surface area contributed by atoms with Crippen molar-refractivity contribution in [2.24, 2.45) is 0 Å². The Balaban J connectivity index is 2.43. The van der Waals surface area contributed by atoms with Crippen molar-refractivity contribution in [1.29, 1.82) is 0 Å². The number of benzene rings is 2. The van der Waals surface area contributed by atoms with Crippen LogP contribution in [0.2, 0.25) is 0 Å². The summed E-state index contributed by atoms with van der Waals surface area (Å²) in [4.78, 5) is 26.9. The highest BCUT2D eigenvalue weighted by molar-refractivity contribution is 5.92. The highest BCUT2D eigenvalue weighted by Gasteiger charge is 2.54. The van der Waals surface area contributed by atoms with Crippen LogP contribution in [-0.4, -0.2) is 36.9 Å². The van der Waals surface area contributed by atoms with Crippen LogP contribution >= 0.6 is 0 Å². The summed E-state index contributed by atoms with van der Waals surface area (Å²) in [6.07, 6.45) is -17.2. The lowest BCUT2D eigenvalue weighted by molar-refractivity contribution is -0.168. The summed E-state index contributed by atoms with van der Waals surface area (Å²) in [6, 6.07) is 0.917. The van der Waals surface area contributed by atoms with Gasteiger partial charge in [-0.15, -0.1) is 0 Å². The monoisotopic (exact) mass is 601 g/mol. The molecule has 3 rings (SSSR count). The summed E-state index contributed by atoms with van der Waals surface area (Å²) >= 11 is 0. The Labute approximate surface area is 227 Å². The normalized spacial score (nSPS) is 19.3. The first kappa shape index (κ1) is 32.0. The van der Waals surface area contributed by atoms with E-state index in [1.54, 1.807) is 0 Å². The van der Waals surface area contributed by atoms with Crippen LogP contribution in [0.15, 0.2) is 36.4 Å². The van der Waals surface area contributed by atoms with Crippen molar-refractivity contribution in [3.63, 3.8) is 0 Å². The number of hydrogen-bond donors (Lipinski definition) is 1. The van der Waals surface area contributed by atoms with Gasteiger partial charge in [0, 0.05) is 12.0 Å². The van der Waals surface area contributed by atoms with E-state index in [4.69, 9.17) is 4.74 Å². The smallest absolute Gasteiger partial charge is 0.416 e. The highest BCUT2D eigenvalue weighted by Crippen LogP contribution is 2.52. The van der Waals surface area contributed by atoms with Crippen LogP contribution in [-0.2, 0) is 38.4 Å². The number of carbonyl (C=O) groups excluding carboxylic acids is 2. The van der Waals surface area contributed by atoms with Gasteiger partial charge in [0.2, 0.25) is 0 Å². The fourth-order valence-corrected chi connectivity index (χ4v) is 4.91. The predicted molar refractivity (Wildman–Crippen MR) is 125 cm³/mol. The Hall–Kier alpha value is -3.49. The van der Waals surface area contributed by atoms with Crippen LogP contribution in [0.25, 0.3) is 0 Å². The minimum atomic E-state index is -5.37. The van der Waals surface area contributed by atoms with Crippen molar-refractivity contribution in [2.75, 3.05) is 18.6 Å². The number of ether oxygens (including phenoxy) is 2. The number of methoxy groups -OCH3 is 1. The number of esters is 1. The SMILES string of the molecule is CCOC(=O)N1c2ccc(C(F)(F)F)cc2[C@@H]([C@](O)(C(=O)OC)c2cc(C(F)(F)F)cc(C(F)(F)F)c2)C[C@H]1CC. The zero-order valence-corrected chi connectivity index (χ0v) is 21.7. The number of aliphatic hydroxyl groups is 1. The number of hydrogen-bond acceptors (Lipinski definition) is 5. The van der Waals surface area contributed by atoms with Gasteiger partial charge in [-0.25, -0.2) is 9.59 Å². The fourth-order valence-electron chi connectivity index (χ4n) is 4.91. The van der Waals surface area contributed by atoms with E-state index in [0.29, 0.717) is 19.2 Å². The molecule has 6 nitrogen and oxygen atoms in total. The number of nitrogens with zero attached hydrogens (tertiary/aromatic N) is 1. The lowest BCUT2D eigenvalue weighted by Crippen LogP contribution is -2.51. The third kappa shape index (κ3) is 6.09. The van der Waals surface area contributed by atoms with Gasteiger partial charge in [0.25, 0.3) is 0 Å². The lowest BCUT2D eigenvalue weighted by atomic mass is 9.70. The van der Waals surface area contributed by atoms with Gasteiger partial charge in [-0.2, -0.15) is 39.5 Å². The Morgan fingerprint density at radius 3 is 1.80 bits per heavy atom. The molecule has 2 aromatic rings. The zero-order valence-electron chi connectivity index (χ0n) is 21.7. The van der Waals surface area contributed by atoms with Crippen LogP contribution < -0.4 is 4.90 Å². The van der Waals surface area contributed by atoms with E-state index in [2.05, 4.69) is 4.74 Å². The first-order valence-electron chi connectivity index (χ1n) is 12.1. The van der Waals surface area contributed by atoms with Crippen molar-refractivity contribution >= 4 is 17.7 Å². The second kappa shape index (κ2) is 11.1. The number of halogens is 9. The Bertz CT molecular complexity index is 1270. The maximum atomic E-state index is 13.7. The van der Waals surface area contributed by atoms with Gasteiger partial charge in [0.1, 0.15) is 0 Å². The molecule has 0 saturated heterocycles. The molecule has 0 spiro atoms. The predicted octanol–water partition coefficient (Wildman–Crippen LogP) is 7.03. The van der Waals surface area contributed by atoms with Gasteiger partial charge in [0.05, 0.1) is 36.1 Å². The van der Waals surface area contributed by atoms with E-state index in [1.807, 2.05) is 0 Å². The summed E-state index contributed by atoms with van der Waals surface area (Å²) < 4.78 is 133. The molecule has 0 saturated carbocycles. The summed E-state index contributed by atoms with van der Waals surface area (Å²) in [7, 11) is 0.698. The van der Waals surface area contributed by atoms with Crippen LogP contribution in [0.1, 0.15) is 60.4 Å². The second-order valence-electron chi connectivity index (χ2n) is 9.24. The fraction of sp³-hybridized carbons (Fsp3) is 0.462. The first-order valence-corrected chi connectivity index (χ1v) is 12.1. The molecule has 41 heavy (non-hydrogen) atoms. The molecule has 1 N–H and O–H groups in total. The van der Waals surface area contributed by atoms with Crippen LogP contribution in [0.3, 0.4) is 0 Å². The Morgan fingerprint density at radius 1 is 0.854 bits per heavy atom. The molecule has 226 valence electrons. The molecule has 2 aromatic carbocycles. The van der Waals surface area contributed by atoms with E-state index in [0.717, 1.165) is 11.0 Å². The second-order valence-corrected chi connectivity index (χ2v) is 9.24. The van der Waals surface area contributed by atoms with Gasteiger partial charge >= 0.3 is 30.6 Å². The molecule has 0 aromatic heterocycles. The molecule has 1 amide bonds. The average molecular weight is 601 g/mol. The maximum Gasteiger partial charge on any atom is 0.416 e. The molecule has 0 fully saturated rings. The van der Waals surface area contributed by atoms with Gasteiger partial charge in [0.15, 0.2) is 5.60 Å². The topological polar surface area (TPSA) is 76.1 Å². The molecule has 0 aliphatic carbocycles. The molecule has 0 bridgehead atoms. The van der Waals surface area contributed by atoms with E-state index in [-0.39, 0.29) is 36.9 Å². The van der Waals surface area contributed by atoms with Crippen molar-refractivity contribution < 1.29 is 63.7 Å². The van der Waals surface area contributed by atoms with Crippen LogP contribution in [0, 0.1) is 0 Å². The average Bonchev–Trinajstić information content (AvgIpc) is 2.89. The summed E-state index contributed by atoms with van der Waals surface area (Å²) in [5.74, 6) is -3.62. The first-order chi connectivity index (χ1) is 18.8. The molecule has 1 aliphatic heterocycles. The van der Waals surface area contributed by atoms with E-state index in [9.17, 15) is 54.2 Å². The maximum absolute atomic E-state index is 13.7. The van der Waals surface area contributed by atoms with E-state index >= 15 is 0 Å². The zero-order chi connectivity index (χ0) is 31.1. The summed E-state index contributed by atoms with van der Waals surface area (Å²) in [5, 5.41) is 11.8. The van der Waals surface area contributed by atoms with Crippen LogP contribution in [0.4, 0.5) is 50.0 Å². The van der Waals surface area contributed by atoms with Crippen molar-refractivity contribution in [3.05, 3.63) is 64.2 Å². The molecule has 0 radical (unpaired) electrons. The summed E-state index contributed by atoms with van der Waals surface area (Å²) in [6.45, 7) is 2.86. The van der Waals surface area contributed by atoms with Gasteiger partial charge in [-0.1, -0.05) is 6.92 Å². The quantitative estimate of drug-likeness (QED) is 0.294. The summed E-state index contributed by atoms with van der Waals surface area (Å²) in [5.41, 5.74) is -10.5. The van der Waals surface area contributed by atoms with E-state index < -0.39 is 82.4 Å². The molecule has 0 unspecified atom stereocenters. The largest absolute Gasteiger partial charge is 0.467 e. The molecule has 1 heterocycles. The number of anilines is 1. The van der Waals surface area contributed by atoms with Crippen molar-refractivity contribution in [1.82, 2.24) is 0 Å². The number of fused-ring (bicyclic) bond motifs is 1. The van der Waals surface area contributed by atoms with Gasteiger partial charge < -0.3 is 14.6 Å². The number of carbonyl (C=O) groups is 2. The molecule has 15 heteroatoms. The van der Waals surface area contributed by atoms with E-state index in [1.165, 1.54) is 13.8 Å². The number of amides is 1. The van der Waals surface area contributed by atoms with Crippen molar-refractivity contribution in [3.8, 4) is 0 Å². The third-order valence-electron chi connectivity index (χ3n) is 6.83. The Morgan fingerprint density at radius 2 is 1.37 bits per heavy atom. The number of rotatable bonds is 5. The standard InChI is InChI=1S/C26H24F9NO5/c1-4-17-12-19(18-11-13(24(27,28)29)6-7-20(18)36(17)22(38)41-5-2)23(39,21(37)40-3)14-8-15(25(30,31)32)10-16(9-14)26(33,34)35/h6-11,17,19,39H,4-5,12H2,1-3H3/t17-,19+,23+/m1/s1. The highest BCUT2D eigenvalue weighted by atomic mass is 19.4. The molecular weight excluding hydrogens is 577 g/mol. The lowest BCUT2D eigenvalue weighted by Gasteiger charge is -2.45. The van der Waals surface area contributed by atoms with Gasteiger partial charge in [-0.3, -0.25) is 4.90 Å². The number of alkyl halides is 9. The molecule has 3 atom stereocenters.